The van der Waals surface area contributed by atoms with Crippen molar-refractivity contribution < 1.29 is 27.1 Å². The highest BCUT2D eigenvalue weighted by Crippen LogP contribution is 2.44. The minimum Gasteiger partial charge on any atom is -0.507 e. The van der Waals surface area contributed by atoms with Crippen LogP contribution >= 0.6 is 0 Å². The first kappa shape index (κ1) is 18.8. The number of aryl methyl sites for hydroxylation is 1. The quantitative estimate of drug-likeness (QED) is 0.612. The van der Waals surface area contributed by atoms with Crippen LogP contribution in [0.5, 0.6) is 5.75 Å². The molecule has 0 amide bonds. The van der Waals surface area contributed by atoms with Crippen molar-refractivity contribution in [2.45, 2.75) is 19.0 Å². The molecule has 0 radical (unpaired) electrons. The Balaban J connectivity index is 2.28. The van der Waals surface area contributed by atoms with Gasteiger partial charge < -0.3 is 5.11 Å². The van der Waals surface area contributed by atoms with Gasteiger partial charge in [0, 0.05) is 11.1 Å². The van der Waals surface area contributed by atoms with Crippen LogP contribution in [0, 0.1) is 6.92 Å². The maximum absolute atomic E-state index is 14.0. The Kier molecular flexibility index (Phi) is 4.59. The van der Waals surface area contributed by atoms with E-state index in [0.717, 1.165) is 0 Å². The number of rotatable bonds is 3. The summed E-state index contributed by atoms with van der Waals surface area (Å²) >= 11 is 0. The summed E-state index contributed by atoms with van der Waals surface area (Å²) in [7, 11) is 0. The second kappa shape index (κ2) is 6.61. The fraction of sp³-hybridized carbons (Fsp3) is 0.158. The Morgan fingerprint density at radius 1 is 0.852 bits per heavy atom. The highest BCUT2D eigenvalue weighted by Gasteiger charge is 2.60. The average molecular weight is 380 g/mol. The molecular weight excluding hydrogens is 367 g/mol. The Morgan fingerprint density at radius 3 is 2.15 bits per heavy atom. The number of halogens is 5. The fourth-order valence-corrected chi connectivity index (χ4v) is 2.46. The highest BCUT2D eigenvalue weighted by molar-refractivity contribution is 5.70. The number of alkyl halides is 5. The summed E-state index contributed by atoms with van der Waals surface area (Å²) in [5.74, 6) is -5.76. The van der Waals surface area contributed by atoms with Gasteiger partial charge in [-0.05, 0) is 25.1 Å². The molecule has 0 fully saturated rings. The van der Waals surface area contributed by atoms with E-state index in [0.29, 0.717) is 11.6 Å². The first-order chi connectivity index (χ1) is 12.6. The lowest BCUT2D eigenvalue weighted by Crippen LogP contribution is -2.34. The molecule has 2 aromatic carbocycles. The molecule has 0 aliphatic carbocycles. The molecule has 1 N–H and O–H groups in total. The molecule has 27 heavy (non-hydrogen) atoms. The van der Waals surface area contributed by atoms with Crippen LogP contribution in [0.4, 0.5) is 22.0 Å². The van der Waals surface area contributed by atoms with Crippen LogP contribution in [-0.4, -0.2) is 21.3 Å². The largest absolute Gasteiger partial charge is 0.507 e. The van der Waals surface area contributed by atoms with Gasteiger partial charge in [0.25, 0.3) is 0 Å². The van der Waals surface area contributed by atoms with Crippen LogP contribution in [0.2, 0.25) is 0 Å². The van der Waals surface area contributed by atoms with Crippen molar-refractivity contribution in [1.29, 1.82) is 0 Å². The monoisotopic (exact) mass is 380 g/mol. The zero-order chi connectivity index (χ0) is 19.8. The Morgan fingerprint density at radius 2 is 1.52 bits per heavy atom. The predicted molar refractivity (Wildman–Crippen MR) is 89.3 cm³/mol. The number of nitrogens with zero attached hydrogens (tertiary/aromatic N) is 2. The van der Waals surface area contributed by atoms with E-state index in [1.165, 1.54) is 24.3 Å². The number of phenolic OH excluding ortho intramolecular Hbond substituents is 1. The number of phenols is 1. The summed E-state index contributed by atoms with van der Waals surface area (Å²) in [6, 6.07) is 12.7. The first-order valence-corrected chi connectivity index (χ1v) is 7.79. The summed E-state index contributed by atoms with van der Waals surface area (Å²) in [5, 5.41) is 10.0. The van der Waals surface area contributed by atoms with Crippen molar-refractivity contribution in [3.63, 3.8) is 0 Å². The SMILES string of the molecule is Cc1ccc(O)c(-c2cc(C(F)(F)C(F)(F)F)nc(-c3ccccc3)n2)c1. The number of aromatic hydroxyl groups is 1. The van der Waals surface area contributed by atoms with E-state index in [2.05, 4.69) is 9.97 Å². The summed E-state index contributed by atoms with van der Waals surface area (Å²) in [6.45, 7) is 1.69. The van der Waals surface area contributed by atoms with Gasteiger partial charge in [-0.2, -0.15) is 22.0 Å². The molecule has 1 aromatic heterocycles. The third kappa shape index (κ3) is 3.60. The maximum Gasteiger partial charge on any atom is 0.459 e. The highest BCUT2D eigenvalue weighted by atomic mass is 19.4. The van der Waals surface area contributed by atoms with Crippen molar-refractivity contribution in [1.82, 2.24) is 9.97 Å². The van der Waals surface area contributed by atoms with Crippen molar-refractivity contribution in [2.75, 3.05) is 0 Å². The lowest BCUT2D eigenvalue weighted by molar-refractivity contribution is -0.290. The van der Waals surface area contributed by atoms with E-state index in [-0.39, 0.29) is 28.4 Å². The Bertz CT molecular complexity index is 972. The summed E-state index contributed by atoms with van der Waals surface area (Å²) in [5.41, 5.74) is -0.741. The zero-order valence-electron chi connectivity index (χ0n) is 13.9. The third-order valence-electron chi connectivity index (χ3n) is 3.86. The van der Waals surface area contributed by atoms with E-state index in [1.807, 2.05) is 0 Å². The standard InChI is InChI=1S/C19H13F5N2O/c1-11-7-8-15(27)13(9-11)14-10-16(18(20,21)19(22,23)24)26-17(25-14)12-5-3-2-4-6-12/h2-10,27H,1H3. The van der Waals surface area contributed by atoms with Gasteiger partial charge in [0.1, 0.15) is 11.4 Å². The van der Waals surface area contributed by atoms with Gasteiger partial charge in [0.05, 0.1) is 5.69 Å². The van der Waals surface area contributed by atoms with Crippen molar-refractivity contribution in [3.8, 4) is 28.4 Å². The van der Waals surface area contributed by atoms with E-state index in [9.17, 15) is 27.1 Å². The molecule has 140 valence electrons. The van der Waals surface area contributed by atoms with Crippen LogP contribution in [0.25, 0.3) is 22.6 Å². The van der Waals surface area contributed by atoms with E-state index in [4.69, 9.17) is 0 Å². The van der Waals surface area contributed by atoms with E-state index >= 15 is 0 Å². The van der Waals surface area contributed by atoms with Crippen LogP contribution < -0.4 is 0 Å². The van der Waals surface area contributed by atoms with Gasteiger partial charge in [0.2, 0.25) is 0 Å². The van der Waals surface area contributed by atoms with Crippen molar-refractivity contribution >= 4 is 0 Å². The van der Waals surface area contributed by atoms with Crippen molar-refractivity contribution in [3.05, 3.63) is 65.9 Å². The summed E-state index contributed by atoms with van der Waals surface area (Å²) < 4.78 is 66.5. The van der Waals surface area contributed by atoms with Gasteiger partial charge in [-0.15, -0.1) is 0 Å². The molecule has 3 rings (SSSR count). The summed E-state index contributed by atoms with van der Waals surface area (Å²) in [4.78, 5) is 7.56. The molecule has 0 saturated carbocycles. The normalized spacial score (nSPS) is 12.2. The third-order valence-corrected chi connectivity index (χ3v) is 3.86. The van der Waals surface area contributed by atoms with Crippen molar-refractivity contribution in [2.24, 2.45) is 0 Å². The molecule has 0 spiro atoms. The second-order valence-electron chi connectivity index (χ2n) is 5.92. The molecule has 0 atom stereocenters. The molecule has 1 heterocycles. The number of hydrogen-bond donors (Lipinski definition) is 1. The van der Waals surface area contributed by atoms with Crippen LogP contribution in [-0.2, 0) is 5.92 Å². The molecule has 0 aliphatic heterocycles. The Hall–Kier alpha value is -3.03. The molecule has 0 unspecified atom stereocenters. The van der Waals surface area contributed by atoms with E-state index < -0.39 is 17.8 Å². The fourth-order valence-electron chi connectivity index (χ4n) is 2.46. The topological polar surface area (TPSA) is 46.0 Å². The van der Waals surface area contributed by atoms with Gasteiger partial charge in [-0.1, -0.05) is 42.0 Å². The lowest BCUT2D eigenvalue weighted by atomic mass is 10.0. The smallest absolute Gasteiger partial charge is 0.459 e. The molecule has 3 nitrogen and oxygen atoms in total. The van der Waals surface area contributed by atoms with Gasteiger partial charge in [-0.25, -0.2) is 9.97 Å². The number of hydrogen-bond acceptors (Lipinski definition) is 3. The molecule has 0 aliphatic rings. The Labute approximate surface area is 151 Å². The molecule has 8 heteroatoms. The number of aromatic nitrogens is 2. The van der Waals surface area contributed by atoms with Crippen LogP contribution in [0.15, 0.2) is 54.6 Å². The molecule has 0 saturated heterocycles. The lowest BCUT2D eigenvalue weighted by Gasteiger charge is -2.20. The molecule has 0 bridgehead atoms. The van der Waals surface area contributed by atoms with Gasteiger partial charge in [-0.3, -0.25) is 0 Å². The minimum atomic E-state index is -5.82. The van der Waals surface area contributed by atoms with Gasteiger partial charge >= 0.3 is 12.1 Å². The minimum absolute atomic E-state index is 0.0359. The van der Waals surface area contributed by atoms with E-state index in [1.54, 1.807) is 31.2 Å². The molecule has 3 aromatic rings. The number of benzene rings is 2. The van der Waals surface area contributed by atoms with Crippen LogP contribution in [0.1, 0.15) is 11.3 Å². The average Bonchev–Trinajstić information content (AvgIpc) is 2.63. The van der Waals surface area contributed by atoms with Crippen LogP contribution in [0.3, 0.4) is 0 Å². The zero-order valence-corrected chi connectivity index (χ0v) is 13.9. The second-order valence-corrected chi connectivity index (χ2v) is 5.92. The first-order valence-electron chi connectivity index (χ1n) is 7.79. The van der Waals surface area contributed by atoms with Gasteiger partial charge in [0.15, 0.2) is 5.82 Å². The summed E-state index contributed by atoms with van der Waals surface area (Å²) in [6.07, 6.45) is -5.82. The molecular formula is C19H13F5N2O. The predicted octanol–water partition coefficient (Wildman–Crippen LogP) is 5.48. The maximum atomic E-state index is 14.0.